The molecular weight excluding hydrogens is 552 g/mol. The largest absolute Gasteiger partial charge is 0.458 e. The van der Waals surface area contributed by atoms with E-state index < -0.39 is 58.2 Å². The summed E-state index contributed by atoms with van der Waals surface area (Å²) in [7, 11) is 0. The highest BCUT2D eigenvalue weighted by Gasteiger charge is 2.64. The van der Waals surface area contributed by atoms with Crippen molar-refractivity contribution in [3.63, 3.8) is 0 Å². The van der Waals surface area contributed by atoms with Crippen molar-refractivity contribution in [3.8, 4) is 0 Å². The molecule has 0 unspecified atom stereocenters. The van der Waals surface area contributed by atoms with E-state index in [0.717, 1.165) is 11.1 Å². The minimum atomic E-state index is -1.65. The Morgan fingerprint density at radius 2 is 1.67 bits per heavy atom. The molecule has 43 heavy (non-hydrogen) atoms. The van der Waals surface area contributed by atoms with Crippen LogP contribution in [0.25, 0.3) is 0 Å². The fourth-order valence-corrected chi connectivity index (χ4v) is 8.21. The van der Waals surface area contributed by atoms with Crippen molar-refractivity contribution >= 4 is 17.9 Å². The van der Waals surface area contributed by atoms with Crippen LogP contribution >= 0.6 is 0 Å². The van der Waals surface area contributed by atoms with E-state index in [9.17, 15) is 24.6 Å². The topological polar surface area (TPSA) is 129 Å². The third kappa shape index (κ3) is 5.64. The number of carbonyl (C=O) groups is 3. The molecule has 2 N–H and O–H groups in total. The average Bonchev–Trinajstić information content (AvgIpc) is 2.92. The fourth-order valence-electron chi connectivity index (χ4n) is 8.21. The third-order valence-corrected chi connectivity index (χ3v) is 10.9. The molecule has 0 radical (unpaired) electrons. The van der Waals surface area contributed by atoms with Crippen molar-refractivity contribution in [3.05, 3.63) is 47.0 Å². The van der Waals surface area contributed by atoms with Crippen LogP contribution in [0.4, 0.5) is 0 Å². The molecule has 238 valence electrons. The maximum absolute atomic E-state index is 13.0. The van der Waals surface area contributed by atoms with Crippen LogP contribution in [0.5, 0.6) is 0 Å². The Bertz CT molecular complexity index is 1270. The van der Waals surface area contributed by atoms with Crippen LogP contribution < -0.4 is 0 Å². The van der Waals surface area contributed by atoms with Crippen LogP contribution in [0.2, 0.25) is 0 Å². The lowest BCUT2D eigenvalue weighted by molar-refractivity contribution is -0.296. The van der Waals surface area contributed by atoms with E-state index in [1.807, 2.05) is 34.6 Å². The van der Waals surface area contributed by atoms with Crippen LogP contribution in [0.1, 0.15) is 91.9 Å². The molecule has 0 amide bonds. The van der Waals surface area contributed by atoms with Gasteiger partial charge in [0.2, 0.25) is 0 Å². The van der Waals surface area contributed by atoms with Gasteiger partial charge in [0, 0.05) is 43.4 Å². The second-order valence-corrected chi connectivity index (χ2v) is 13.9. The lowest BCUT2D eigenvalue weighted by Gasteiger charge is -2.60. The van der Waals surface area contributed by atoms with Gasteiger partial charge >= 0.3 is 17.9 Å². The second kappa shape index (κ2) is 11.6. The highest BCUT2D eigenvalue weighted by atomic mass is 16.6. The van der Waals surface area contributed by atoms with Crippen LogP contribution in [0.15, 0.2) is 41.5 Å². The van der Waals surface area contributed by atoms with E-state index in [1.165, 1.54) is 13.8 Å². The zero-order valence-corrected chi connectivity index (χ0v) is 26.9. The lowest BCUT2D eigenvalue weighted by atomic mass is 9.52. The number of aliphatic hydroxyl groups excluding tert-OH is 1. The maximum Gasteiger partial charge on any atom is 0.338 e. The quantitative estimate of drug-likeness (QED) is 0.246. The van der Waals surface area contributed by atoms with E-state index in [4.69, 9.17) is 18.9 Å². The first kappa shape index (κ1) is 33.1. The molecule has 1 saturated heterocycles. The van der Waals surface area contributed by atoms with Gasteiger partial charge < -0.3 is 29.2 Å². The lowest BCUT2D eigenvalue weighted by Crippen LogP contribution is -2.69. The predicted molar refractivity (Wildman–Crippen MR) is 159 cm³/mol. The highest BCUT2D eigenvalue weighted by molar-refractivity contribution is 5.89. The molecule has 4 rings (SSSR count). The number of benzene rings is 1. The maximum atomic E-state index is 13.0. The normalized spacial score (nSPS) is 35.5. The van der Waals surface area contributed by atoms with Crippen LogP contribution in [-0.4, -0.2) is 70.3 Å². The van der Waals surface area contributed by atoms with E-state index in [0.29, 0.717) is 18.4 Å². The Morgan fingerprint density at radius 3 is 2.21 bits per heavy atom. The van der Waals surface area contributed by atoms with E-state index in [2.05, 4.69) is 6.92 Å². The Balaban J connectivity index is 1.72. The molecule has 2 aliphatic carbocycles. The first-order valence-corrected chi connectivity index (χ1v) is 15.3. The van der Waals surface area contributed by atoms with Gasteiger partial charge in [-0.3, -0.25) is 9.59 Å². The number of esters is 3. The Labute approximate surface area is 254 Å². The molecule has 9 atom stereocenters. The number of fused-ring (bicyclic) bond motifs is 1. The smallest absolute Gasteiger partial charge is 0.338 e. The first-order valence-electron chi connectivity index (χ1n) is 15.3. The zero-order valence-electron chi connectivity index (χ0n) is 26.9. The average molecular weight is 601 g/mol. The molecule has 1 saturated carbocycles. The molecule has 2 fully saturated rings. The summed E-state index contributed by atoms with van der Waals surface area (Å²) in [4.78, 5) is 37.3. The molecule has 0 bridgehead atoms. The molecule has 9 heteroatoms. The number of rotatable bonds is 8. The first-order chi connectivity index (χ1) is 19.9. The summed E-state index contributed by atoms with van der Waals surface area (Å²) in [6, 6.07) is 8.57. The van der Waals surface area contributed by atoms with Crippen molar-refractivity contribution in [1.29, 1.82) is 0 Å². The molecule has 0 aromatic heterocycles. The monoisotopic (exact) mass is 600 g/mol. The summed E-state index contributed by atoms with van der Waals surface area (Å²) in [6.45, 7) is 16.3. The summed E-state index contributed by atoms with van der Waals surface area (Å²) in [5.41, 5.74) is -2.26. The summed E-state index contributed by atoms with van der Waals surface area (Å²) >= 11 is 0. The number of carbonyl (C=O) groups excluding carboxylic acids is 3. The van der Waals surface area contributed by atoms with Gasteiger partial charge in [0.1, 0.15) is 23.9 Å². The second-order valence-electron chi connectivity index (χ2n) is 13.9. The van der Waals surface area contributed by atoms with Crippen LogP contribution in [-0.2, 0) is 28.5 Å². The summed E-state index contributed by atoms with van der Waals surface area (Å²) in [5.74, 6) is -1.93. The minimum Gasteiger partial charge on any atom is -0.458 e. The SMILES string of the molecule is CC(=O)O[C@H]1C[C@@](O)([C@H](C)OC(=O)c2ccccc2)C(C)(C)C([C@@H](C)[C@H](O)[C@@]2(C)C[C@]3(OC(C)=O)CO[C@@H]3C[C@@H]2C)=C1C. The summed E-state index contributed by atoms with van der Waals surface area (Å²) in [5, 5.41) is 24.7. The van der Waals surface area contributed by atoms with Crippen LogP contribution in [0, 0.1) is 22.7 Å². The molecule has 1 aromatic rings. The summed E-state index contributed by atoms with van der Waals surface area (Å²) in [6.07, 6.45) is -1.83. The van der Waals surface area contributed by atoms with Crippen LogP contribution in [0.3, 0.4) is 0 Å². The Kier molecular flexibility index (Phi) is 8.97. The van der Waals surface area contributed by atoms with Crippen molar-refractivity contribution in [1.82, 2.24) is 0 Å². The Hall–Kier alpha value is -2.75. The standard InChI is InChI=1S/C34H48O9/c1-19-15-27-33(18-40-27,43-24(6)36)17-32(19,9)29(37)21(3)28-20(2)26(42-23(5)35)16-34(39,31(28,7)8)22(4)41-30(38)25-13-11-10-12-14-25/h10-14,19,21-22,26-27,29,37,39H,15-18H2,1-9H3/t19-,21+,22-,26-,27+,29-,32-,33-,34+/m0/s1. The van der Waals surface area contributed by atoms with Gasteiger partial charge in [0.05, 0.1) is 18.3 Å². The molecule has 1 aliphatic heterocycles. The van der Waals surface area contributed by atoms with Gasteiger partial charge in [-0.05, 0) is 43.9 Å². The molecule has 0 spiro atoms. The number of hydrogen-bond donors (Lipinski definition) is 2. The van der Waals surface area contributed by atoms with Gasteiger partial charge in [-0.2, -0.15) is 0 Å². The summed E-state index contributed by atoms with van der Waals surface area (Å²) < 4.78 is 23.2. The number of hydrogen-bond acceptors (Lipinski definition) is 9. The number of ether oxygens (including phenoxy) is 4. The van der Waals surface area contributed by atoms with Gasteiger partial charge in [0.25, 0.3) is 0 Å². The van der Waals surface area contributed by atoms with Crippen molar-refractivity contribution < 1.29 is 43.5 Å². The fraction of sp³-hybridized carbons (Fsp3) is 0.676. The van der Waals surface area contributed by atoms with Crippen molar-refractivity contribution in [2.75, 3.05) is 6.61 Å². The molecule has 9 nitrogen and oxygen atoms in total. The third-order valence-electron chi connectivity index (χ3n) is 10.9. The zero-order chi connectivity index (χ0) is 32.1. The van der Waals surface area contributed by atoms with Gasteiger partial charge in [0.15, 0.2) is 5.60 Å². The van der Waals surface area contributed by atoms with Crippen molar-refractivity contribution in [2.45, 2.75) is 117 Å². The molecule has 3 aliphatic rings. The number of aliphatic hydroxyl groups is 2. The van der Waals surface area contributed by atoms with Gasteiger partial charge in [-0.15, -0.1) is 0 Å². The molecule has 1 heterocycles. The highest BCUT2D eigenvalue weighted by Crippen LogP contribution is 2.58. The minimum absolute atomic E-state index is 0.0171. The Morgan fingerprint density at radius 1 is 1.05 bits per heavy atom. The van der Waals surface area contributed by atoms with E-state index in [-0.39, 0.29) is 31.0 Å². The van der Waals surface area contributed by atoms with E-state index >= 15 is 0 Å². The molecule has 1 aromatic carbocycles. The predicted octanol–water partition coefficient (Wildman–Crippen LogP) is 4.78. The van der Waals surface area contributed by atoms with Gasteiger partial charge in [-0.25, -0.2) is 4.79 Å². The van der Waals surface area contributed by atoms with E-state index in [1.54, 1.807) is 37.3 Å². The van der Waals surface area contributed by atoms with Crippen molar-refractivity contribution in [2.24, 2.45) is 22.7 Å². The van der Waals surface area contributed by atoms with Gasteiger partial charge in [-0.1, -0.05) is 58.4 Å². The molecular formula is C34H48O9.